The summed E-state index contributed by atoms with van der Waals surface area (Å²) in [6.45, 7) is 2.49. The van der Waals surface area contributed by atoms with E-state index in [-0.39, 0.29) is 11.9 Å². The van der Waals surface area contributed by atoms with E-state index in [1.807, 2.05) is 36.4 Å². The Morgan fingerprint density at radius 3 is 2.57 bits per heavy atom. The fourth-order valence-corrected chi connectivity index (χ4v) is 2.71. The molecule has 3 N–H and O–H groups in total. The van der Waals surface area contributed by atoms with Crippen LogP contribution in [0.4, 0.5) is 5.69 Å². The standard InChI is InChI=1S/C18H21BrN2O2/c1-3-15(13-8-10-14(19)11-9-13)20-12-18(22)21-16-6-4-5-7-17(16)23-2/h4-11,15,20H,3,12H2,1-2H3,(H,21,22)/p+1/t15-/m0/s1. The van der Waals surface area contributed by atoms with Crippen molar-refractivity contribution >= 4 is 27.5 Å². The molecule has 0 aliphatic heterocycles. The van der Waals surface area contributed by atoms with Crippen LogP contribution in [0.3, 0.4) is 0 Å². The van der Waals surface area contributed by atoms with Crippen molar-refractivity contribution in [3.05, 3.63) is 58.6 Å². The zero-order valence-electron chi connectivity index (χ0n) is 13.4. The molecule has 0 fully saturated rings. The Balaban J connectivity index is 1.93. The normalized spacial score (nSPS) is 11.8. The molecule has 0 spiro atoms. The number of quaternary nitrogens is 1. The van der Waals surface area contributed by atoms with Gasteiger partial charge in [-0.3, -0.25) is 4.79 Å². The van der Waals surface area contributed by atoms with E-state index in [9.17, 15) is 4.79 Å². The average Bonchev–Trinajstić information content (AvgIpc) is 2.57. The third-order valence-corrected chi connectivity index (χ3v) is 4.24. The van der Waals surface area contributed by atoms with Crippen molar-refractivity contribution in [2.45, 2.75) is 19.4 Å². The van der Waals surface area contributed by atoms with Crippen LogP contribution in [0, 0.1) is 0 Å². The van der Waals surface area contributed by atoms with Crippen molar-refractivity contribution in [3.8, 4) is 5.75 Å². The van der Waals surface area contributed by atoms with E-state index in [0.29, 0.717) is 18.0 Å². The predicted molar refractivity (Wildman–Crippen MR) is 95.6 cm³/mol. The van der Waals surface area contributed by atoms with Crippen LogP contribution in [0.15, 0.2) is 53.0 Å². The van der Waals surface area contributed by atoms with Crippen molar-refractivity contribution in [2.24, 2.45) is 0 Å². The number of nitrogens with two attached hydrogens (primary N) is 1. The van der Waals surface area contributed by atoms with Gasteiger partial charge in [-0.25, -0.2) is 0 Å². The van der Waals surface area contributed by atoms with E-state index >= 15 is 0 Å². The van der Waals surface area contributed by atoms with Crippen LogP contribution in [-0.2, 0) is 4.79 Å². The van der Waals surface area contributed by atoms with Crippen molar-refractivity contribution < 1.29 is 14.8 Å². The second-order valence-electron chi connectivity index (χ2n) is 5.25. The first-order valence-electron chi connectivity index (χ1n) is 7.65. The molecule has 23 heavy (non-hydrogen) atoms. The van der Waals surface area contributed by atoms with E-state index in [2.05, 4.69) is 45.6 Å². The molecule has 0 aromatic heterocycles. The van der Waals surface area contributed by atoms with Crippen LogP contribution in [-0.4, -0.2) is 19.6 Å². The number of ether oxygens (including phenoxy) is 1. The number of carbonyl (C=O) groups is 1. The van der Waals surface area contributed by atoms with Crippen molar-refractivity contribution in [3.63, 3.8) is 0 Å². The van der Waals surface area contributed by atoms with E-state index < -0.39 is 0 Å². The Morgan fingerprint density at radius 1 is 1.22 bits per heavy atom. The number of hydrogen-bond acceptors (Lipinski definition) is 2. The zero-order valence-corrected chi connectivity index (χ0v) is 15.0. The minimum Gasteiger partial charge on any atom is -0.495 e. The molecule has 2 rings (SSSR count). The van der Waals surface area contributed by atoms with Gasteiger partial charge >= 0.3 is 0 Å². The summed E-state index contributed by atoms with van der Waals surface area (Å²) >= 11 is 3.44. The number of carbonyl (C=O) groups excluding carboxylic acids is 1. The lowest BCUT2D eigenvalue weighted by Gasteiger charge is -2.15. The lowest BCUT2D eigenvalue weighted by Crippen LogP contribution is -2.87. The van der Waals surface area contributed by atoms with Gasteiger partial charge in [0.2, 0.25) is 0 Å². The van der Waals surface area contributed by atoms with Crippen LogP contribution in [0.25, 0.3) is 0 Å². The molecule has 0 saturated heterocycles. The number of anilines is 1. The highest BCUT2D eigenvalue weighted by atomic mass is 79.9. The van der Waals surface area contributed by atoms with Gasteiger partial charge in [-0.2, -0.15) is 0 Å². The molecule has 5 heteroatoms. The Kier molecular flexibility index (Phi) is 6.62. The second-order valence-corrected chi connectivity index (χ2v) is 6.17. The number of benzene rings is 2. The largest absolute Gasteiger partial charge is 0.495 e. The fraction of sp³-hybridized carbons (Fsp3) is 0.278. The lowest BCUT2D eigenvalue weighted by atomic mass is 10.0. The highest BCUT2D eigenvalue weighted by Gasteiger charge is 2.15. The summed E-state index contributed by atoms with van der Waals surface area (Å²) in [5, 5.41) is 4.96. The maximum atomic E-state index is 12.2. The van der Waals surface area contributed by atoms with Crippen LogP contribution < -0.4 is 15.4 Å². The SMILES string of the molecule is CC[C@H]([NH2+]CC(=O)Nc1ccccc1OC)c1ccc(Br)cc1. The molecule has 0 heterocycles. The van der Waals surface area contributed by atoms with E-state index in [1.165, 1.54) is 5.56 Å². The molecular formula is C18H22BrN2O2+. The summed E-state index contributed by atoms with van der Waals surface area (Å²) in [7, 11) is 1.60. The molecule has 0 radical (unpaired) electrons. The van der Waals surface area contributed by atoms with Gasteiger partial charge in [-0.1, -0.05) is 47.1 Å². The Bertz CT molecular complexity index is 644. The van der Waals surface area contributed by atoms with Crippen LogP contribution in [0.1, 0.15) is 24.9 Å². The van der Waals surface area contributed by atoms with E-state index in [1.54, 1.807) is 7.11 Å². The fourth-order valence-electron chi connectivity index (χ4n) is 2.45. The topological polar surface area (TPSA) is 54.9 Å². The molecule has 0 aliphatic carbocycles. The third-order valence-electron chi connectivity index (χ3n) is 3.71. The van der Waals surface area contributed by atoms with E-state index in [0.717, 1.165) is 10.9 Å². The van der Waals surface area contributed by atoms with Gasteiger partial charge in [0, 0.05) is 16.5 Å². The quantitative estimate of drug-likeness (QED) is 0.778. The van der Waals surface area contributed by atoms with E-state index in [4.69, 9.17) is 4.74 Å². The summed E-state index contributed by atoms with van der Waals surface area (Å²) in [5.41, 5.74) is 1.92. The minimum absolute atomic E-state index is 0.0370. The maximum Gasteiger partial charge on any atom is 0.279 e. The van der Waals surface area contributed by atoms with Gasteiger partial charge < -0.3 is 15.4 Å². The Morgan fingerprint density at radius 2 is 1.91 bits per heavy atom. The number of halogens is 1. The molecule has 0 aliphatic rings. The maximum absolute atomic E-state index is 12.2. The summed E-state index contributed by atoms with van der Waals surface area (Å²) in [6.07, 6.45) is 0.962. The summed E-state index contributed by atoms with van der Waals surface area (Å²) in [6, 6.07) is 15.9. The highest BCUT2D eigenvalue weighted by Crippen LogP contribution is 2.22. The average molecular weight is 378 g/mol. The van der Waals surface area contributed by atoms with Crippen LogP contribution >= 0.6 is 15.9 Å². The van der Waals surface area contributed by atoms with Gasteiger partial charge in [-0.15, -0.1) is 0 Å². The van der Waals surface area contributed by atoms with Gasteiger partial charge in [0.1, 0.15) is 11.8 Å². The predicted octanol–water partition coefficient (Wildman–Crippen LogP) is 3.11. The first kappa shape index (κ1) is 17.5. The van der Waals surface area contributed by atoms with Crippen molar-refractivity contribution in [2.75, 3.05) is 19.0 Å². The monoisotopic (exact) mass is 377 g/mol. The van der Waals surface area contributed by atoms with Crippen molar-refractivity contribution in [1.82, 2.24) is 0 Å². The highest BCUT2D eigenvalue weighted by molar-refractivity contribution is 9.10. The molecular weight excluding hydrogens is 356 g/mol. The first-order valence-corrected chi connectivity index (χ1v) is 8.45. The molecule has 0 bridgehead atoms. The smallest absolute Gasteiger partial charge is 0.279 e. The summed E-state index contributed by atoms with van der Waals surface area (Å²) < 4.78 is 6.30. The van der Waals surface area contributed by atoms with Crippen molar-refractivity contribution in [1.29, 1.82) is 0 Å². The molecule has 2 aromatic carbocycles. The number of amides is 1. The van der Waals surface area contributed by atoms with Gasteiger partial charge in [0.25, 0.3) is 5.91 Å². The molecule has 1 amide bonds. The zero-order chi connectivity index (χ0) is 16.7. The number of rotatable bonds is 7. The van der Waals surface area contributed by atoms with Gasteiger partial charge in [-0.05, 0) is 24.3 Å². The second kappa shape index (κ2) is 8.70. The molecule has 122 valence electrons. The summed E-state index contributed by atoms with van der Waals surface area (Å²) in [4.78, 5) is 12.2. The number of methoxy groups -OCH3 is 1. The molecule has 0 unspecified atom stereocenters. The minimum atomic E-state index is -0.0370. The Labute approximate surface area is 145 Å². The Hall–Kier alpha value is -1.85. The van der Waals surface area contributed by atoms with Crippen LogP contribution in [0.2, 0.25) is 0 Å². The third kappa shape index (κ3) is 5.08. The lowest BCUT2D eigenvalue weighted by molar-refractivity contribution is -0.686. The van der Waals surface area contributed by atoms with Crippen LogP contribution in [0.5, 0.6) is 5.75 Å². The van der Waals surface area contributed by atoms with Gasteiger partial charge in [0.15, 0.2) is 6.54 Å². The molecule has 0 saturated carbocycles. The summed E-state index contributed by atoms with van der Waals surface area (Å²) in [5.74, 6) is 0.630. The molecule has 1 atom stereocenters. The number of para-hydroxylation sites is 2. The first-order chi connectivity index (χ1) is 11.1. The number of hydrogen-bond donors (Lipinski definition) is 2. The molecule has 4 nitrogen and oxygen atoms in total. The number of nitrogens with one attached hydrogen (secondary N) is 1. The van der Waals surface area contributed by atoms with Gasteiger partial charge in [0.05, 0.1) is 12.8 Å². The molecule has 2 aromatic rings.